The first-order chi connectivity index (χ1) is 47.0. The third-order valence-corrected chi connectivity index (χ3v) is 20.2. The fraction of sp³-hybridized carbons (Fsp3) is 0.949. The summed E-state index contributed by atoms with van der Waals surface area (Å²) >= 11 is 0. The van der Waals surface area contributed by atoms with Crippen molar-refractivity contribution in [3.63, 3.8) is 0 Å². The van der Waals surface area contributed by atoms with Crippen LogP contribution in [0.15, 0.2) is 0 Å². The number of esters is 4. The Labute approximate surface area is 594 Å². The summed E-state index contributed by atoms with van der Waals surface area (Å²) in [5.74, 6) is -1.31. The van der Waals surface area contributed by atoms with Gasteiger partial charge >= 0.3 is 39.5 Å². The fourth-order valence-corrected chi connectivity index (χ4v) is 13.6. The Balaban J connectivity index is 5.17. The van der Waals surface area contributed by atoms with Crippen molar-refractivity contribution in [3.8, 4) is 0 Å². The molecule has 0 aromatic heterocycles. The molecule has 576 valence electrons. The molecule has 19 heteroatoms. The molecule has 0 rings (SSSR count). The summed E-state index contributed by atoms with van der Waals surface area (Å²) in [4.78, 5) is 72.7. The largest absolute Gasteiger partial charge is 0.472 e. The van der Waals surface area contributed by atoms with Crippen molar-refractivity contribution >= 4 is 39.5 Å². The molecule has 0 bridgehead atoms. The van der Waals surface area contributed by atoms with Crippen LogP contribution in [0.3, 0.4) is 0 Å². The molecule has 0 spiro atoms. The van der Waals surface area contributed by atoms with Gasteiger partial charge in [0.1, 0.15) is 19.3 Å². The molecule has 17 nitrogen and oxygen atoms in total. The summed E-state index contributed by atoms with van der Waals surface area (Å²) in [6.45, 7) is 7.30. The number of aliphatic hydroxyl groups is 1. The first-order valence-electron chi connectivity index (χ1n) is 40.6. The summed E-state index contributed by atoms with van der Waals surface area (Å²) in [7, 11) is -9.91. The summed E-state index contributed by atoms with van der Waals surface area (Å²) in [5.41, 5.74) is 0. The molecular formula is C78H152O17P2. The zero-order valence-corrected chi connectivity index (χ0v) is 65.0. The second-order valence-electron chi connectivity index (χ2n) is 28.6. The van der Waals surface area contributed by atoms with Crippen LogP contribution in [0.1, 0.15) is 413 Å². The van der Waals surface area contributed by atoms with E-state index in [-0.39, 0.29) is 25.7 Å². The highest BCUT2D eigenvalue weighted by Crippen LogP contribution is 2.45. The molecule has 0 radical (unpaired) electrons. The average Bonchev–Trinajstić information content (AvgIpc) is 1.77. The minimum absolute atomic E-state index is 0.107. The van der Waals surface area contributed by atoms with E-state index in [1.807, 2.05) is 0 Å². The van der Waals surface area contributed by atoms with Crippen molar-refractivity contribution in [1.29, 1.82) is 0 Å². The lowest BCUT2D eigenvalue weighted by molar-refractivity contribution is -0.161. The van der Waals surface area contributed by atoms with Crippen LogP contribution in [-0.4, -0.2) is 96.7 Å². The van der Waals surface area contributed by atoms with Gasteiger partial charge in [-0.05, 0) is 31.6 Å². The minimum Gasteiger partial charge on any atom is -0.462 e. The van der Waals surface area contributed by atoms with Crippen LogP contribution in [-0.2, 0) is 65.4 Å². The van der Waals surface area contributed by atoms with Gasteiger partial charge < -0.3 is 33.8 Å². The Morgan fingerprint density at radius 3 is 0.701 bits per heavy atom. The van der Waals surface area contributed by atoms with Crippen LogP contribution in [0.5, 0.6) is 0 Å². The van der Waals surface area contributed by atoms with Crippen molar-refractivity contribution in [1.82, 2.24) is 0 Å². The first kappa shape index (κ1) is 95.1. The molecule has 0 aromatic rings. The van der Waals surface area contributed by atoms with Gasteiger partial charge in [-0.3, -0.25) is 37.3 Å². The summed E-state index contributed by atoms with van der Waals surface area (Å²) in [6, 6.07) is 0. The molecule has 0 fully saturated rings. The van der Waals surface area contributed by atoms with Crippen molar-refractivity contribution in [2.24, 2.45) is 5.92 Å². The van der Waals surface area contributed by atoms with Gasteiger partial charge in [0.05, 0.1) is 26.4 Å². The topological polar surface area (TPSA) is 237 Å². The Bertz CT molecular complexity index is 1860. The summed E-state index contributed by atoms with van der Waals surface area (Å²) < 4.78 is 68.5. The maximum atomic E-state index is 13.1. The van der Waals surface area contributed by atoms with Crippen molar-refractivity contribution in [2.75, 3.05) is 39.6 Å². The van der Waals surface area contributed by atoms with Gasteiger partial charge in [0.25, 0.3) is 0 Å². The first-order valence-corrected chi connectivity index (χ1v) is 43.6. The molecule has 0 amide bonds. The number of phosphoric acid groups is 2. The smallest absolute Gasteiger partial charge is 0.462 e. The van der Waals surface area contributed by atoms with Gasteiger partial charge in [0.15, 0.2) is 12.2 Å². The molecule has 0 saturated heterocycles. The predicted octanol–water partition coefficient (Wildman–Crippen LogP) is 23.3. The molecule has 0 aromatic carbocycles. The lowest BCUT2D eigenvalue weighted by atomic mass is 10.0. The molecule has 3 N–H and O–H groups in total. The molecule has 0 saturated carbocycles. The average molecular weight is 1420 g/mol. The molecule has 0 heterocycles. The number of unbranched alkanes of at least 4 members (excludes halogenated alkanes) is 50. The van der Waals surface area contributed by atoms with E-state index >= 15 is 0 Å². The Morgan fingerprint density at radius 1 is 0.278 bits per heavy atom. The molecule has 0 aliphatic carbocycles. The van der Waals surface area contributed by atoms with E-state index in [2.05, 4.69) is 34.6 Å². The quantitative estimate of drug-likeness (QED) is 0.0222. The second kappa shape index (κ2) is 71.1. The zero-order valence-electron chi connectivity index (χ0n) is 63.2. The predicted molar refractivity (Wildman–Crippen MR) is 395 cm³/mol. The number of carbonyl (C=O) groups is 4. The SMILES string of the molecule is CCCCCCCCCCCCCCCCCCCCCCCC(=O)O[C@H](COC(=O)CCCCCCCCCCCCCCCCC(C)C)COP(=O)(O)OC[C@@H](O)COP(=O)(O)OC[C@@H](COC(=O)CCCCCCCCCC)OC(=O)CCCCCCCCCCCCC. The van der Waals surface area contributed by atoms with E-state index in [4.69, 9.17) is 37.0 Å². The standard InChI is InChI=1S/C78H152O17P2/c1-6-9-12-15-18-21-23-24-25-26-27-28-29-30-31-36-40-44-49-54-59-64-78(83)95-74(68-89-76(81)62-57-52-47-42-39-35-33-32-34-38-41-45-50-55-60-71(4)5)70-93-97(86,87)91-66-72(79)65-90-96(84,85)92-69-73(67-88-75(80)61-56-51-46-20-17-14-11-8-3)94-77(82)63-58-53-48-43-37-22-19-16-13-10-7-2/h71-74,79H,6-70H2,1-5H3,(H,84,85)(H,86,87)/t72-,73+,74+/m0/s1. The van der Waals surface area contributed by atoms with Crippen LogP contribution in [0, 0.1) is 5.92 Å². The molecule has 97 heavy (non-hydrogen) atoms. The van der Waals surface area contributed by atoms with Crippen molar-refractivity contribution in [2.45, 2.75) is 432 Å². The third-order valence-electron chi connectivity index (χ3n) is 18.3. The molecule has 2 unspecified atom stereocenters. The fourth-order valence-electron chi connectivity index (χ4n) is 12.1. The minimum atomic E-state index is -4.96. The normalized spacial score (nSPS) is 13.9. The molecule has 0 aliphatic heterocycles. The number of rotatable bonds is 78. The third kappa shape index (κ3) is 72.2. The van der Waals surface area contributed by atoms with E-state index in [9.17, 15) is 43.2 Å². The van der Waals surface area contributed by atoms with E-state index in [1.54, 1.807) is 0 Å². The molecule has 5 atom stereocenters. The van der Waals surface area contributed by atoms with Gasteiger partial charge in [0, 0.05) is 25.7 Å². The van der Waals surface area contributed by atoms with Crippen LogP contribution in [0.4, 0.5) is 0 Å². The van der Waals surface area contributed by atoms with Crippen LogP contribution in [0.25, 0.3) is 0 Å². The number of hydrogen-bond donors (Lipinski definition) is 3. The summed E-state index contributed by atoms with van der Waals surface area (Å²) in [6.07, 6.45) is 61.2. The highest BCUT2D eigenvalue weighted by atomic mass is 31.2. The maximum absolute atomic E-state index is 13.1. The number of aliphatic hydroxyl groups excluding tert-OH is 1. The van der Waals surface area contributed by atoms with Crippen molar-refractivity contribution in [3.05, 3.63) is 0 Å². The zero-order chi connectivity index (χ0) is 71.2. The lowest BCUT2D eigenvalue weighted by Gasteiger charge is -2.21. The van der Waals surface area contributed by atoms with E-state index in [0.717, 1.165) is 102 Å². The van der Waals surface area contributed by atoms with E-state index < -0.39 is 97.5 Å². The molecular weight excluding hydrogens is 1270 g/mol. The van der Waals surface area contributed by atoms with Gasteiger partial charge in [-0.2, -0.15) is 0 Å². The Hall–Kier alpha value is -1.94. The second-order valence-corrected chi connectivity index (χ2v) is 31.5. The van der Waals surface area contributed by atoms with E-state index in [0.29, 0.717) is 25.7 Å². The lowest BCUT2D eigenvalue weighted by Crippen LogP contribution is -2.30. The van der Waals surface area contributed by atoms with Crippen molar-refractivity contribution < 1.29 is 80.2 Å². The van der Waals surface area contributed by atoms with E-state index in [1.165, 1.54) is 231 Å². The Kier molecular flexibility index (Phi) is 69.6. The van der Waals surface area contributed by atoms with Gasteiger partial charge in [0.2, 0.25) is 0 Å². The van der Waals surface area contributed by atoms with Gasteiger partial charge in [-0.25, -0.2) is 9.13 Å². The number of ether oxygens (including phenoxy) is 4. The summed E-state index contributed by atoms with van der Waals surface area (Å²) in [5, 5.41) is 10.6. The van der Waals surface area contributed by atoms with Crippen LogP contribution in [0.2, 0.25) is 0 Å². The number of carbonyl (C=O) groups excluding carboxylic acids is 4. The van der Waals surface area contributed by atoms with Crippen LogP contribution < -0.4 is 0 Å². The molecule has 0 aliphatic rings. The Morgan fingerprint density at radius 2 is 0.474 bits per heavy atom. The maximum Gasteiger partial charge on any atom is 0.472 e. The number of hydrogen-bond acceptors (Lipinski definition) is 15. The highest BCUT2D eigenvalue weighted by molar-refractivity contribution is 7.47. The monoisotopic (exact) mass is 1420 g/mol. The van der Waals surface area contributed by atoms with Gasteiger partial charge in [-0.1, -0.05) is 362 Å². The number of phosphoric ester groups is 2. The highest BCUT2D eigenvalue weighted by Gasteiger charge is 2.30. The van der Waals surface area contributed by atoms with Gasteiger partial charge in [-0.15, -0.1) is 0 Å². The van der Waals surface area contributed by atoms with Crippen LogP contribution >= 0.6 is 15.6 Å².